The van der Waals surface area contributed by atoms with Crippen LogP contribution in [0, 0.1) is 0 Å². The molecule has 1 aromatic heterocycles. The van der Waals surface area contributed by atoms with Gasteiger partial charge >= 0.3 is 0 Å². The first kappa shape index (κ1) is 18.0. The number of carbonyl (C=O) groups excluding carboxylic acids is 1. The minimum absolute atomic E-state index is 0.178. The molecule has 7 heteroatoms. The summed E-state index contributed by atoms with van der Waals surface area (Å²) in [4.78, 5) is 24.9. The Hall–Kier alpha value is -2.83. The van der Waals surface area contributed by atoms with Crippen molar-refractivity contribution in [3.8, 4) is 5.75 Å². The largest absolute Gasteiger partial charge is 0.494 e. The second kappa shape index (κ2) is 9.03. The van der Waals surface area contributed by atoms with Gasteiger partial charge in [-0.25, -0.2) is 9.97 Å². The van der Waals surface area contributed by atoms with Crippen molar-refractivity contribution in [1.29, 1.82) is 0 Å². The average molecular weight is 355 g/mol. The number of hydrogen-bond donors (Lipinski definition) is 1. The second-order valence-corrected chi connectivity index (χ2v) is 6.05. The molecule has 2 heterocycles. The first-order chi connectivity index (χ1) is 12.8. The van der Waals surface area contributed by atoms with Crippen LogP contribution in [0.4, 0.5) is 11.6 Å². The summed E-state index contributed by atoms with van der Waals surface area (Å²) in [7, 11) is 0. The summed E-state index contributed by atoms with van der Waals surface area (Å²) in [5.74, 6) is 1.77. The Bertz CT molecular complexity index is 685. The highest BCUT2D eigenvalue weighted by molar-refractivity contribution is 5.77. The molecule has 0 aliphatic carbocycles. The molecule has 1 aliphatic rings. The van der Waals surface area contributed by atoms with Crippen LogP contribution in [0.3, 0.4) is 0 Å². The molecule has 1 aliphatic heterocycles. The number of hydrogen-bond acceptors (Lipinski definition) is 6. The number of aromatic nitrogens is 2. The lowest BCUT2D eigenvalue weighted by Gasteiger charge is -2.34. The fraction of sp³-hybridized carbons (Fsp3) is 0.421. The number of rotatable bonds is 7. The molecule has 3 rings (SSSR count). The zero-order valence-corrected chi connectivity index (χ0v) is 15.1. The Labute approximate surface area is 154 Å². The fourth-order valence-corrected chi connectivity index (χ4v) is 2.92. The normalized spacial score (nSPS) is 14.2. The van der Waals surface area contributed by atoms with Crippen molar-refractivity contribution in [3.05, 3.63) is 42.7 Å². The van der Waals surface area contributed by atoms with Gasteiger partial charge in [0.05, 0.1) is 6.61 Å². The van der Waals surface area contributed by atoms with Crippen LogP contribution < -0.4 is 15.0 Å². The number of ether oxygens (including phenoxy) is 1. The maximum atomic E-state index is 12.4. The average Bonchev–Trinajstić information content (AvgIpc) is 2.70. The molecule has 1 aromatic carbocycles. The number of piperazine rings is 1. The molecule has 0 bridgehead atoms. The molecule has 0 radical (unpaired) electrons. The number of amides is 1. The number of nitrogens with zero attached hydrogens (tertiary/aromatic N) is 4. The van der Waals surface area contributed by atoms with E-state index in [-0.39, 0.29) is 5.91 Å². The Morgan fingerprint density at radius 2 is 1.81 bits per heavy atom. The molecule has 1 amide bonds. The van der Waals surface area contributed by atoms with Crippen LogP contribution in [0.1, 0.15) is 13.3 Å². The monoisotopic (exact) mass is 355 g/mol. The molecule has 26 heavy (non-hydrogen) atoms. The Kier molecular flexibility index (Phi) is 6.24. The van der Waals surface area contributed by atoms with Gasteiger partial charge in [-0.05, 0) is 37.3 Å². The van der Waals surface area contributed by atoms with Crippen molar-refractivity contribution in [2.45, 2.75) is 13.3 Å². The highest BCUT2D eigenvalue weighted by Gasteiger charge is 2.21. The maximum absolute atomic E-state index is 12.4. The lowest BCUT2D eigenvalue weighted by atomic mass is 10.2. The fourth-order valence-electron chi connectivity index (χ4n) is 2.92. The molecule has 138 valence electrons. The van der Waals surface area contributed by atoms with Gasteiger partial charge in [0, 0.05) is 57.2 Å². The topological polar surface area (TPSA) is 70.6 Å². The van der Waals surface area contributed by atoms with Crippen molar-refractivity contribution < 1.29 is 9.53 Å². The molecule has 0 saturated carbocycles. The predicted octanol–water partition coefficient (Wildman–Crippen LogP) is 2.03. The third kappa shape index (κ3) is 4.84. The van der Waals surface area contributed by atoms with Gasteiger partial charge in [0.25, 0.3) is 0 Å². The van der Waals surface area contributed by atoms with Gasteiger partial charge in [-0.2, -0.15) is 0 Å². The summed E-state index contributed by atoms with van der Waals surface area (Å²) in [6, 6.07) is 9.60. The van der Waals surface area contributed by atoms with Gasteiger partial charge in [-0.15, -0.1) is 0 Å². The third-order valence-corrected chi connectivity index (χ3v) is 4.30. The molecule has 7 nitrogen and oxygen atoms in total. The maximum Gasteiger partial charge on any atom is 0.225 e. The van der Waals surface area contributed by atoms with Gasteiger partial charge in [0.2, 0.25) is 11.9 Å². The number of nitrogens with one attached hydrogen (secondary N) is 1. The van der Waals surface area contributed by atoms with E-state index in [0.717, 1.165) is 30.5 Å². The van der Waals surface area contributed by atoms with Crippen molar-refractivity contribution >= 4 is 17.5 Å². The molecule has 0 spiro atoms. The minimum atomic E-state index is 0.178. The molecular weight excluding hydrogens is 330 g/mol. The van der Waals surface area contributed by atoms with E-state index < -0.39 is 0 Å². The van der Waals surface area contributed by atoms with E-state index in [2.05, 4.69) is 20.2 Å². The standard InChI is InChI=1S/C19H25N5O2/c1-2-26-17-6-4-16(5-7-17)20-11-8-18(25)23-12-14-24(15-13-23)19-21-9-3-10-22-19/h3-7,9-10,20H,2,8,11-15H2,1H3. The molecule has 0 atom stereocenters. The van der Waals surface area contributed by atoms with E-state index in [1.54, 1.807) is 18.5 Å². The highest BCUT2D eigenvalue weighted by atomic mass is 16.5. The van der Waals surface area contributed by atoms with Crippen LogP contribution in [0.2, 0.25) is 0 Å². The van der Waals surface area contributed by atoms with E-state index in [1.807, 2.05) is 36.1 Å². The Balaban J connectivity index is 1.39. The zero-order valence-electron chi connectivity index (χ0n) is 15.1. The first-order valence-corrected chi connectivity index (χ1v) is 9.02. The van der Waals surface area contributed by atoms with E-state index in [4.69, 9.17) is 4.74 Å². The molecular formula is C19H25N5O2. The molecule has 2 aromatic rings. The SMILES string of the molecule is CCOc1ccc(NCCC(=O)N2CCN(c3ncccn3)CC2)cc1. The van der Waals surface area contributed by atoms with Gasteiger partial charge in [0.15, 0.2) is 0 Å². The van der Waals surface area contributed by atoms with E-state index >= 15 is 0 Å². The van der Waals surface area contributed by atoms with E-state index in [1.165, 1.54) is 0 Å². The van der Waals surface area contributed by atoms with Gasteiger partial charge in [-0.1, -0.05) is 0 Å². The lowest BCUT2D eigenvalue weighted by Crippen LogP contribution is -2.49. The van der Waals surface area contributed by atoms with Crippen LogP contribution in [0.15, 0.2) is 42.7 Å². The second-order valence-electron chi connectivity index (χ2n) is 6.05. The summed E-state index contributed by atoms with van der Waals surface area (Å²) in [6.45, 7) is 6.19. The summed E-state index contributed by atoms with van der Waals surface area (Å²) in [6.07, 6.45) is 3.97. The predicted molar refractivity (Wildman–Crippen MR) is 102 cm³/mol. The summed E-state index contributed by atoms with van der Waals surface area (Å²) in [5.41, 5.74) is 0.993. The van der Waals surface area contributed by atoms with Crippen molar-refractivity contribution in [3.63, 3.8) is 0 Å². The zero-order chi connectivity index (χ0) is 18.2. The molecule has 1 saturated heterocycles. The lowest BCUT2D eigenvalue weighted by molar-refractivity contribution is -0.131. The summed E-state index contributed by atoms with van der Waals surface area (Å²) in [5, 5.41) is 3.29. The summed E-state index contributed by atoms with van der Waals surface area (Å²) >= 11 is 0. The Morgan fingerprint density at radius 1 is 1.12 bits per heavy atom. The highest BCUT2D eigenvalue weighted by Crippen LogP contribution is 2.16. The van der Waals surface area contributed by atoms with Crippen molar-refractivity contribution in [2.75, 3.05) is 49.5 Å². The first-order valence-electron chi connectivity index (χ1n) is 9.02. The smallest absolute Gasteiger partial charge is 0.225 e. The summed E-state index contributed by atoms with van der Waals surface area (Å²) < 4.78 is 5.42. The molecule has 1 fully saturated rings. The van der Waals surface area contributed by atoms with Crippen LogP contribution in [-0.4, -0.2) is 60.1 Å². The number of carbonyl (C=O) groups is 1. The van der Waals surface area contributed by atoms with Crippen LogP contribution >= 0.6 is 0 Å². The van der Waals surface area contributed by atoms with Crippen LogP contribution in [-0.2, 0) is 4.79 Å². The van der Waals surface area contributed by atoms with Gasteiger partial charge in [0.1, 0.15) is 5.75 Å². The van der Waals surface area contributed by atoms with E-state index in [0.29, 0.717) is 32.7 Å². The van der Waals surface area contributed by atoms with Gasteiger partial charge < -0.3 is 19.9 Å². The van der Waals surface area contributed by atoms with Crippen LogP contribution in [0.25, 0.3) is 0 Å². The van der Waals surface area contributed by atoms with Gasteiger partial charge in [-0.3, -0.25) is 4.79 Å². The van der Waals surface area contributed by atoms with Crippen LogP contribution in [0.5, 0.6) is 5.75 Å². The minimum Gasteiger partial charge on any atom is -0.494 e. The third-order valence-electron chi connectivity index (χ3n) is 4.30. The quantitative estimate of drug-likeness (QED) is 0.819. The molecule has 0 unspecified atom stereocenters. The van der Waals surface area contributed by atoms with Crippen molar-refractivity contribution in [2.24, 2.45) is 0 Å². The van der Waals surface area contributed by atoms with E-state index in [9.17, 15) is 4.79 Å². The molecule has 1 N–H and O–H groups in total. The van der Waals surface area contributed by atoms with Crippen molar-refractivity contribution in [1.82, 2.24) is 14.9 Å². The Morgan fingerprint density at radius 3 is 2.46 bits per heavy atom. The number of benzene rings is 1. The number of anilines is 2.